The molecule has 0 amide bonds. The second-order valence-electron chi connectivity index (χ2n) is 13.1. The lowest BCUT2D eigenvalue weighted by atomic mass is 9.44. The number of benzene rings is 1. The van der Waals surface area contributed by atoms with Crippen LogP contribution >= 0.6 is 11.6 Å². The summed E-state index contributed by atoms with van der Waals surface area (Å²) in [6.07, 6.45) is 9.91. The van der Waals surface area contributed by atoms with Gasteiger partial charge in [0.25, 0.3) is 0 Å². The van der Waals surface area contributed by atoms with E-state index in [1.165, 1.54) is 32.1 Å². The fourth-order valence-electron chi connectivity index (χ4n) is 9.51. The van der Waals surface area contributed by atoms with Gasteiger partial charge in [-0.1, -0.05) is 44.2 Å². The molecule has 1 aliphatic heterocycles. The van der Waals surface area contributed by atoms with E-state index in [2.05, 4.69) is 20.4 Å². The predicted octanol–water partition coefficient (Wildman–Crippen LogP) is 7.64. The average Bonchev–Trinajstić information content (AvgIpc) is 3.23. The van der Waals surface area contributed by atoms with Gasteiger partial charge in [0.1, 0.15) is 11.9 Å². The fourth-order valence-corrected chi connectivity index (χ4v) is 9.63. The number of carbonyl (C=O) groups is 1. The molecule has 1 heterocycles. The van der Waals surface area contributed by atoms with Crippen molar-refractivity contribution in [3.05, 3.63) is 41.4 Å². The number of fused-ring (bicyclic) bond motifs is 5. The van der Waals surface area contributed by atoms with Crippen molar-refractivity contribution in [1.29, 1.82) is 0 Å². The Morgan fingerprint density at radius 2 is 1.72 bits per heavy atom. The summed E-state index contributed by atoms with van der Waals surface area (Å²) >= 11 is 6.04. The van der Waals surface area contributed by atoms with E-state index in [0.29, 0.717) is 34.7 Å². The molecule has 1 saturated heterocycles. The topological polar surface area (TPSA) is 44.8 Å². The van der Waals surface area contributed by atoms with E-state index in [1.807, 2.05) is 31.2 Å². The Bertz CT molecular complexity index is 1030. The Morgan fingerprint density at radius 1 is 0.972 bits per heavy atom. The van der Waals surface area contributed by atoms with Crippen LogP contribution in [0.5, 0.6) is 0 Å². The lowest BCUT2D eigenvalue weighted by molar-refractivity contribution is -0.489. The van der Waals surface area contributed by atoms with Gasteiger partial charge in [0, 0.05) is 23.8 Å². The van der Waals surface area contributed by atoms with Crippen LogP contribution in [0.15, 0.2) is 30.8 Å². The third-order valence-electron chi connectivity index (χ3n) is 11.6. The normalized spacial score (nSPS) is 46.0. The van der Waals surface area contributed by atoms with Crippen molar-refractivity contribution in [2.75, 3.05) is 6.61 Å². The highest BCUT2D eigenvalue weighted by Gasteiger charge is 2.62. The van der Waals surface area contributed by atoms with E-state index in [4.69, 9.17) is 26.1 Å². The van der Waals surface area contributed by atoms with Crippen molar-refractivity contribution in [3.8, 4) is 0 Å². The lowest BCUT2D eigenvalue weighted by Crippen LogP contribution is -2.58. The zero-order valence-corrected chi connectivity index (χ0v) is 22.8. The standard InChI is InChI=1S/C31H41ClO4/c1-19(21-5-8-23(32)9-6-21)28-18-34-31(36-35-28)16-15-29(3)22(17-31)7-10-24-26-12-11-25(20(2)33)30(26,4)14-13-27(24)29/h5-6,8-9,22,24-28H,1,7,10-18H2,2-4H3/t22-,24+,25-,26+,27+,28?,29+,30-,31?/m1/s1. The molecule has 4 aliphatic carbocycles. The minimum Gasteiger partial charge on any atom is -0.344 e. The Labute approximate surface area is 221 Å². The second kappa shape index (κ2) is 8.93. The van der Waals surface area contributed by atoms with E-state index in [1.54, 1.807) is 0 Å². The van der Waals surface area contributed by atoms with Crippen LogP contribution in [0.4, 0.5) is 0 Å². The molecule has 6 rings (SSSR count). The van der Waals surface area contributed by atoms with Crippen molar-refractivity contribution >= 4 is 23.0 Å². The quantitative estimate of drug-likeness (QED) is 0.390. The number of hydrogen-bond donors (Lipinski definition) is 0. The summed E-state index contributed by atoms with van der Waals surface area (Å²) in [5.74, 6) is 2.87. The molecule has 5 heteroatoms. The number of carbonyl (C=O) groups excluding carboxylic acids is 1. The Hall–Kier alpha value is -1.20. The van der Waals surface area contributed by atoms with Gasteiger partial charge in [0.05, 0.1) is 6.61 Å². The zero-order chi connectivity index (χ0) is 25.3. The van der Waals surface area contributed by atoms with E-state index in [-0.39, 0.29) is 17.4 Å². The molecule has 196 valence electrons. The molecule has 5 fully saturated rings. The van der Waals surface area contributed by atoms with Gasteiger partial charge in [-0.2, -0.15) is 0 Å². The number of hydrogen-bond acceptors (Lipinski definition) is 4. The smallest absolute Gasteiger partial charge is 0.202 e. The third-order valence-corrected chi connectivity index (χ3v) is 11.8. The number of halogens is 1. The number of ketones is 1. The van der Waals surface area contributed by atoms with Crippen LogP contribution in [-0.2, 0) is 19.3 Å². The van der Waals surface area contributed by atoms with Crippen molar-refractivity contribution in [2.24, 2.45) is 40.4 Å². The minimum absolute atomic E-state index is 0.219. The van der Waals surface area contributed by atoms with Crippen LogP contribution in [0.2, 0.25) is 5.02 Å². The SMILES string of the molecule is C=C(c1ccc(Cl)cc1)C1COC2(CC[C@@]3(C)[C@H](CC[C@@H]4[C@@H]3CC[C@]3(C)[C@@H](C(C)=O)CC[C@@H]43)C2)OO1. The summed E-state index contributed by atoms with van der Waals surface area (Å²) in [5, 5.41) is 0.705. The second-order valence-corrected chi connectivity index (χ2v) is 13.5. The molecule has 0 radical (unpaired) electrons. The maximum atomic E-state index is 12.4. The lowest BCUT2D eigenvalue weighted by Gasteiger charge is -2.62. The van der Waals surface area contributed by atoms with Gasteiger partial charge in [-0.05, 0) is 110 Å². The monoisotopic (exact) mass is 512 g/mol. The number of rotatable bonds is 3. The first-order valence-electron chi connectivity index (χ1n) is 14.1. The van der Waals surface area contributed by atoms with Crippen molar-refractivity contribution in [1.82, 2.24) is 0 Å². The van der Waals surface area contributed by atoms with Crippen molar-refractivity contribution < 1.29 is 19.3 Å². The number of ether oxygens (including phenoxy) is 1. The highest BCUT2D eigenvalue weighted by atomic mass is 35.5. The fraction of sp³-hybridized carbons (Fsp3) is 0.710. The Kier molecular flexibility index (Phi) is 6.23. The van der Waals surface area contributed by atoms with Gasteiger partial charge < -0.3 is 4.74 Å². The van der Waals surface area contributed by atoms with Gasteiger partial charge in [0.2, 0.25) is 5.79 Å². The highest BCUT2D eigenvalue weighted by molar-refractivity contribution is 6.30. The molecule has 0 aromatic heterocycles. The molecule has 5 aliphatic rings. The molecule has 2 unspecified atom stereocenters. The molecule has 0 N–H and O–H groups in total. The van der Waals surface area contributed by atoms with Gasteiger partial charge in [0.15, 0.2) is 0 Å². The summed E-state index contributed by atoms with van der Waals surface area (Å²) in [5.41, 5.74) is 2.38. The summed E-state index contributed by atoms with van der Waals surface area (Å²) in [6.45, 7) is 11.5. The predicted molar refractivity (Wildman–Crippen MR) is 141 cm³/mol. The van der Waals surface area contributed by atoms with E-state index >= 15 is 0 Å². The molecule has 9 atom stereocenters. The summed E-state index contributed by atoms with van der Waals surface area (Å²) in [4.78, 5) is 24.5. The van der Waals surface area contributed by atoms with Crippen LogP contribution < -0.4 is 0 Å². The summed E-state index contributed by atoms with van der Waals surface area (Å²) in [6, 6.07) is 7.65. The molecule has 1 spiro atoms. The minimum atomic E-state index is -0.635. The van der Waals surface area contributed by atoms with Gasteiger partial charge >= 0.3 is 0 Å². The maximum Gasteiger partial charge on any atom is 0.202 e. The van der Waals surface area contributed by atoms with Gasteiger partial charge in [-0.15, -0.1) is 0 Å². The van der Waals surface area contributed by atoms with Crippen LogP contribution in [0.1, 0.15) is 84.1 Å². The highest BCUT2D eigenvalue weighted by Crippen LogP contribution is 2.68. The first-order chi connectivity index (χ1) is 17.2. The average molecular weight is 513 g/mol. The first-order valence-corrected chi connectivity index (χ1v) is 14.5. The van der Waals surface area contributed by atoms with Crippen molar-refractivity contribution in [2.45, 2.75) is 90.4 Å². The maximum absolute atomic E-state index is 12.4. The van der Waals surface area contributed by atoms with Gasteiger partial charge in [-0.25, -0.2) is 9.78 Å². The molecule has 0 bridgehead atoms. The Balaban J connectivity index is 1.12. The van der Waals surface area contributed by atoms with Gasteiger partial charge in [-0.3, -0.25) is 4.79 Å². The molecule has 36 heavy (non-hydrogen) atoms. The molecule has 4 nitrogen and oxygen atoms in total. The molecular formula is C31H41ClO4. The zero-order valence-electron chi connectivity index (χ0n) is 22.1. The van der Waals surface area contributed by atoms with Crippen molar-refractivity contribution in [3.63, 3.8) is 0 Å². The third kappa shape index (κ3) is 3.85. The summed E-state index contributed by atoms with van der Waals surface area (Å²) in [7, 11) is 0. The van der Waals surface area contributed by atoms with E-state index < -0.39 is 5.79 Å². The Morgan fingerprint density at radius 3 is 2.42 bits per heavy atom. The van der Waals surface area contributed by atoms with Crippen LogP contribution in [-0.4, -0.2) is 24.3 Å². The molecular weight excluding hydrogens is 472 g/mol. The largest absolute Gasteiger partial charge is 0.344 e. The van der Waals surface area contributed by atoms with Crippen LogP contribution in [0.3, 0.4) is 0 Å². The van der Waals surface area contributed by atoms with E-state index in [0.717, 1.165) is 48.7 Å². The molecule has 1 aromatic rings. The van der Waals surface area contributed by atoms with Crippen LogP contribution in [0.25, 0.3) is 5.57 Å². The number of Topliss-reactive ketones (excluding diaryl/α,β-unsaturated/α-hetero) is 1. The molecule has 1 aromatic carbocycles. The molecule has 4 saturated carbocycles. The summed E-state index contributed by atoms with van der Waals surface area (Å²) < 4.78 is 6.47. The first kappa shape index (κ1) is 25.1. The van der Waals surface area contributed by atoms with Crippen LogP contribution in [0, 0.1) is 40.4 Å². The van der Waals surface area contributed by atoms with E-state index in [9.17, 15) is 4.79 Å².